The molecule has 0 amide bonds. The molecule has 15 heavy (non-hydrogen) atoms. The molecule has 0 radical (unpaired) electrons. The topological polar surface area (TPSA) is 21.5 Å². The van der Waals surface area contributed by atoms with E-state index in [-0.39, 0.29) is 11.0 Å². The average molecular weight is 212 g/mol. The van der Waals surface area contributed by atoms with Gasteiger partial charge in [0.2, 0.25) is 0 Å². The monoisotopic (exact) mass is 212 g/mol. The minimum atomic E-state index is 0.194. The number of quaternary nitrogens is 1. The summed E-state index contributed by atoms with van der Waals surface area (Å²) in [6.07, 6.45) is 0.781. The van der Waals surface area contributed by atoms with Crippen molar-refractivity contribution in [2.24, 2.45) is 11.3 Å². The number of carbonyl (C=O) groups excluding carboxylic acids is 1. The highest BCUT2D eigenvalue weighted by Gasteiger charge is 2.39. The quantitative estimate of drug-likeness (QED) is 0.642. The number of likely N-dealkylation sites (tertiary alicyclic amines) is 1. The van der Waals surface area contributed by atoms with E-state index in [4.69, 9.17) is 0 Å². The van der Waals surface area contributed by atoms with Crippen LogP contribution in [0.5, 0.6) is 0 Å². The number of rotatable bonds is 0. The average Bonchev–Trinajstić information content (AvgIpc) is 1.99. The Balaban J connectivity index is 2.77. The molecule has 0 aliphatic carbocycles. The fourth-order valence-electron chi connectivity index (χ4n) is 2.21. The van der Waals surface area contributed by atoms with Gasteiger partial charge in [-0.25, -0.2) is 0 Å². The molecule has 1 heterocycles. The van der Waals surface area contributed by atoms with Gasteiger partial charge in [-0.15, -0.1) is 0 Å². The molecule has 0 saturated carbocycles. The van der Waals surface area contributed by atoms with Crippen molar-refractivity contribution < 1.29 is 9.69 Å². The van der Waals surface area contributed by atoms with Gasteiger partial charge in [-0.1, -0.05) is 20.8 Å². The van der Waals surface area contributed by atoms with Gasteiger partial charge in [0.1, 0.15) is 6.54 Å². The molecule has 0 aromatic heterocycles. The third-order valence-corrected chi connectivity index (χ3v) is 3.66. The maximum atomic E-state index is 11.8. The Morgan fingerprint density at radius 1 is 1.13 bits per heavy atom. The van der Waals surface area contributed by atoms with Crippen molar-refractivity contribution in [1.82, 2.24) is 0 Å². The fraction of sp³-hybridized carbons (Fsp3) is 0.923. The molecule has 1 N–H and O–H groups in total. The van der Waals surface area contributed by atoms with Gasteiger partial charge in [-0.05, 0) is 26.2 Å². The summed E-state index contributed by atoms with van der Waals surface area (Å²) in [5, 5.41) is 0. The van der Waals surface area contributed by atoms with Crippen LogP contribution in [0.1, 0.15) is 48.0 Å². The van der Waals surface area contributed by atoms with Gasteiger partial charge < -0.3 is 4.90 Å². The summed E-state index contributed by atoms with van der Waals surface area (Å²) in [6.45, 7) is 15.3. The summed E-state index contributed by atoms with van der Waals surface area (Å²) < 4.78 is 0. The van der Waals surface area contributed by atoms with Gasteiger partial charge in [0.05, 0.1) is 12.1 Å². The van der Waals surface area contributed by atoms with Gasteiger partial charge in [-0.2, -0.15) is 0 Å². The van der Waals surface area contributed by atoms with Crippen LogP contribution in [0, 0.1) is 11.3 Å². The first-order valence-electron chi connectivity index (χ1n) is 5.97. The Labute approximate surface area is 94.0 Å². The van der Waals surface area contributed by atoms with Crippen LogP contribution >= 0.6 is 0 Å². The number of carbonyl (C=O) groups is 1. The van der Waals surface area contributed by atoms with Crippen LogP contribution in [0.25, 0.3) is 0 Å². The SMILES string of the molecule is CC(C)(C)[C@H]1CC(=O)C[NH+](C(C)(C)C)C1. The Bertz CT molecular complexity index is 220. The number of ketones is 1. The van der Waals surface area contributed by atoms with Crippen LogP contribution < -0.4 is 4.90 Å². The van der Waals surface area contributed by atoms with Gasteiger partial charge in [0, 0.05) is 12.3 Å². The van der Waals surface area contributed by atoms with Crippen molar-refractivity contribution in [3.8, 4) is 0 Å². The summed E-state index contributed by atoms with van der Waals surface area (Å²) in [4.78, 5) is 13.2. The van der Waals surface area contributed by atoms with Crippen molar-refractivity contribution in [3.63, 3.8) is 0 Å². The lowest BCUT2D eigenvalue weighted by Crippen LogP contribution is -3.21. The lowest BCUT2D eigenvalue weighted by molar-refractivity contribution is -0.945. The highest BCUT2D eigenvalue weighted by molar-refractivity contribution is 5.80. The van der Waals surface area contributed by atoms with Crippen LogP contribution in [-0.4, -0.2) is 24.4 Å². The summed E-state index contributed by atoms with van der Waals surface area (Å²) >= 11 is 0. The molecular formula is C13H26NO+. The largest absolute Gasteiger partial charge is 0.324 e. The third kappa shape index (κ3) is 3.30. The minimum absolute atomic E-state index is 0.194. The van der Waals surface area contributed by atoms with Gasteiger partial charge in [0.15, 0.2) is 5.78 Å². The zero-order chi connectivity index (χ0) is 11.9. The Morgan fingerprint density at radius 2 is 1.67 bits per heavy atom. The van der Waals surface area contributed by atoms with Crippen LogP contribution in [0.3, 0.4) is 0 Å². The lowest BCUT2D eigenvalue weighted by Gasteiger charge is -2.41. The standard InChI is InChI=1S/C13H25NO/c1-12(2,3)10-7-11(15)9-14(8-10)13(4,5)6/h10H,7-9H2,1-6H3/p+1/t10-/m0/s1. The molecule has 0 aromatic rings. The third-order valence-electron chi connectivity index (χ3n) is 3.66. The van der Waals surface area contributed by atoms with E-state index in [0.29, 0.717) is 11.7 Å². The van der Waals surface area contributed by atoms with Crippen LogP contribution in [-0.2, 0) is 4.79 Å². The summed E-state index contributed by atoms with van der Waals surface area (Å²) in [5.41, 5.74) is 0.451. The van der Waals surface area contributed by atoms with Crippen molar-refractivity contribution in [1.29, 1.82) is 0 Å². The minimum Gasteiger partial charge on any atom is -0.324 e. The van der Waals surface area contributed by atoms with Gasteiger partial charge >= 0.3 is 0 Å². The van der Waals surface area contributed by atoms with Crippen LogP contribution in [0.2, 0.25) is 0 Å². The van der Waals surface area contributed by atoms with E-state index in [9.17, 15) is 4.79 Å². The van der Waals surface area contributed by atoms with Crippen molar-refractivity contribution in [2.45, 2.75) is 53.5 Å². The number of nitrogens with one attached hydrogen (secondary N) is 1. The maximum absolute atomic E-state index is 11.8. The smallest absolute Gasteiger partial charge is 0.187 e. The van der Waals surface area contributed by atoms with Gasteiger partial charge in [-0.3, -0.25) is 4.79 Å². The zero-order valence-corrected chi connectivity index (χ0v) is 11.1. The molecule has 1 rings (SSSR count). The molecule has 2 heteroatoms. The number of piperidine rings is 1. The molecule has 1 saturated heterocycles. The second-order valence-corrected chi connectivity index (χ2v) is 7.04. The maximum Gasteiger partial charge on any atom is 0.187 e. The van der Waals surface area contributed by atoms with E-state index in [1.165, 1.54) is 4.90 Å². The summed E-state index contributed by atoms with van der Waals surface area (Å²) in [5.74, 6) is 0.971. The molecule has 1 unspecified atom stereocenters. The molecule has 0 bridgehead atoms. The second kappa shape index (κ2) is 3.89. The van der Waals surface area contributed by atoms with Crippen LogP contribution in [0.15, 0.2) is 0 Å². The van der Waals surface area contributed by atoms with E-state index < -0.39 is 0 Å². The van der Waals surface area contributed by atoms with Crippen molar-refractivity contribution in [3.05, 3.63) is 0 Å². The molecule has 1 aliphatic rings. The Morgan fingerprint density at radius 3 is 2.07 bits per heavy atom. The summed E-state index contributed by atoms with van der Waals surface area (Å²) in [7, 11) is 0. The van der Waals surface area contributed by atoms with E-state index >= 15 is 0 Å². The predicted molar refractivity (Wildman–Crippen MR) is 63.0 cm³/mol. The molecular weight excluding hydrogens is 186 g/mol. The first-order chi connectivity index (χ1) is 6.60. The molecule has 88 valence electrons. The van der Waals surface area contributed by atoms with Crippen molar-refractivity contribution >= 4 is 5.78 Å². The van der Waals surface area contributed by atoms with E-state index in [2.05, 4.69) is 41.5 Å². The number of hydrogen-bond acceptors (Lipinski definition) is 1. The van der Waals surface area contributed by atoms with E-state index in [1.54, 1.807) is 0 Å². The Hall–Kier alpha value is -0.370. The molecule has 2 atom stereocenters. The zero-order valence-electron chi connectivity index (χ0n) is 11.1. The molecule has 2 nitrogen and oxygen atoms in total. The highest BCUT2D eigenvalue weighted by atomic mass is 16.1. The summed E-state index contributed by atoms with van der Waals surface area (Å²) in [6, 6.07) is 0. The fourth-order valence-corrected chi connectivity index (χ4v) is 2.21. The van der Waals surface area contributed by atoms with Crippen molar-refractivity contribution in [2.75, 3.05) is 13.1 Å². The molecule has 0 spiro atoms. The number of Topliss-reactive ketones (excluding diaryl/α,β-unsaturated/α-hetero) is 1. The first-order valence-corrected chi connectivity index (χ1v) is 5.97. The molecule has 1 fully saturated rings. The molecule has 1 aliphatic heterocycles. The second-order valence-electron chi connectivity index (χ2n) is 7.04. The van der Waals surface area contributed by atoms with Gasteiger partial charge in [0.25, 0.3) is 0 Å². The Kier molecular flexibility index (Phi) is 3.30. The van der Waals surface area contributed by atoms with E-state index in [0.717, 1.165) is 19.5 Å². The highest BCUT2D eigenvalue weighted by Crippen LogP contribution is 2.29. The lowest BCUT2D eigenvalue weighted by atomic mass is 9.75. The van der Waals surface area contributed by atoms with Crippen LogP contribution in [0.4, 0.5) is 0 Å². The first kappa shape index (κ1) is 12.7. The van der Waals surface area contributed by atoms with E-state index in [1.807, 2.05) is 0 Å². The number of hydrogen-bond donors (Lipinski definition) is 1. The molecule has 0 aromatic carbocycles. The predicted octanol–water partition coefficient (Wildman–Crippen LogP) is 1.30. The normalized spacial score (nSPS) is 29.3.